The number of amides is 4. The summed E-state index contributed by atoms with van der Waals surface area (Å²) in [7, 11) is 0. The van der Waals surface area contributed by atoms with Crippen molar-refractivity contribution in [3.05, 3.63) is 180 Å². The third kappa shape index (κ3) is 9.81. The van der Waals surface area contributed by atoms with Crippen LogP contribution in [0.1, 0.15) is 52.7 Å². The summed E-state index contributed by atoms with van der Waals surface area (Å²) in [6.45, 7) is 2.31. The summed E-state index contributed by atoms with van der Waals surface area (Å²) in [5, 5.41) is 14.5. The van der Waals surface area contributed by atoms with E-state index in [4.69, 9.17) is 14.7 Å². The van der Waals surface area contributed by atoms with Gasteiger partial charge in [0, 0.05) is 41.5 Å². The van der Waals surface area contributed by atoms with Gasteiger partial charge >= 0.3 is 12.1 Å². The molecule has 0 aliphatic carbocycles. The molecule has 0 radical (unpaired) electrons. The highest BCUT2D eigenvalue weighted by Crippen LogP contribution is 2.39. The van der Waals surface area contributed by atoms with Crippen LogP contribution in [0.5, 0.6) is 0 Å². The average Bonchev–Trinajstić information content (AvgIpc) is 4.40. The molecule has 390 valence electrons. The molecule has 2 saturated heterocycles. The van der Waals surface area contributed by atoms with Crippen LogP contribution in [0.3, 0.4) is 0 Å². The predicted octanol–water partition coefficient (Wildman–Crippen LogP) is 11.0. The fraction of sp³-hybridized carbons (Fsp3) is 0.164. The van der Waals surface area contributed by atoms with Crippen LogP contribution in [-0.2, 0) is 22.5 Å². The number of hydrogen-bond acceptors (Lipinski definition) is 14. The highest BCUT2D eigenvalue weighted by Gasteiger charge is 2.34. The van der Waals surface area contributed by atoms with E-state index < -0.39 is 35.6 Å². The molecular weight excluding hydrogens is 1010 g/mol. The van der Waals surface area contributed by atoms with Gasteiger partial charge in [-0.25, -0.2) is 62.6 Å². The van der Waals surface area contributed by atoms with Crippen molar-refractivity contribution in [3.8, 4) is 22.5 Å². The topological polar surface area (TPSA) is 242 Å². The van der Waals surface area contributed by atoms with Gasteiger partial charge in [0.15, 0.2) is 11.3 Å². The molecule has 4 aromatic carbocycles. The zero-order valence-electron chi connectivity index (χ0n) is 41.3. The Kier molecular flexibility index (Phi) is 13.2. The Hall–Kier alpha value is -9.87. The molecule has 0 spiro atoms. The summed E-state index contributed by atoms with van der Waals surface area (Å²) in [5.41, 5.74) is 7.07. The van der Waals surface area contributed by atoms with Crippen LogP contribution in [0.25, 0.3) is 44.8 Å². The molecule has 2 aliphatic heterocycles. The number of aromatic nitrogens is 10. The number of benzene rings is 4. The predicted molar refractivity (Wildman–Crippen MR) is 283 cm³/mol. The number of nitrogens with zero attached hydrogens (tertiary/aromatic N) is 10. The lowest BCUT2D eigenvalue weighted by molar-refractivity contribution is -0.0830. The molecular formula is C55H45F3N16O4. The van der Waals surface area contributed by atoms with E-state index in [9.17, 15) is 9.59 Å². The molecule has 0 unspecified atom stereocenters. The van der Waals surface area contributed by atoms with Gasteiger partial charge in [0.2, 0.25) is 0 Å². The zero-order chi connectivity index (χ0) is 53.3. The maximum atomic E-state index is 16.6. The number of halogens is 3. The van der Waals surface area contributed by atoms with Crippen molar-refractivity contribution in [2.24, 2.45) is 0 Å². The number of fused-ring (bicyclic) bond motifs is 2. The van der Waals surface area contributed by atoms with Crippen LogP contribution in [-0.4, -0.2) is 85.2 Å². The normalized spacial score (nSPS) is 15.3. The minimum Gasteiger partial charge on any atom is -0.341 e. The summed E-state index contributed by atoms with van der Waals surface area (Å²) in [5.74, 6) is -1.56. The van der Waals surface area contributed by atoms with Crippen LogP contribution in [0.4, 0.5) is 57.1 Å². The second-order valence-corrected chi connectivity index (χ2v) is 18.4. The number of aryl methyl sites for hydroxylation is 3. The Bertz CT molecular complexity index is 3890. The highest BCUT2D eigenvalue weighted by molar-refractivity contribution is 5.95. The molecule has 6 aromatic heterocycles. The number of carbonyl (C=O) groups excluding carboxylic acids is 2. The van der Waals surface area contributed by atoms with Gasteiger partial charge in [0.05, 0.1) is 55.5 Å². The summed E-state index contributed by atoms with van der Waals surface area (Å²) in [4.78, 5) is 80.6. The number of H-pyrrole nitrogens is 2. The lowest BCUT2D eigenvalue weighted by atomic mass is 10.0. The first kappa shape index (κ1) is 49.0. The van der Waals surface area contributed by atoms with Crippen LogP contribution in [0, 0.1) is 24.4 Å². The van der Waals surface area contributed by atoms with Gasteiger partial charge in [0.25, 0.3) is 0 Å². The van der Waals surface area contributed by atoms with E-state index in [2.05, 4.69) is 66.1 Å². The highest BCUT2D eigenvalue weighted by atomic mass is 19.1. The van der Waals surface area contributed by atoms with Gasteiger partial charge in [0.1, 0.15) is 64.2 Å². The average molecular weight is 1050 g/mol. The molecule has 0 bridgehead atoms. The number of nitrogens with one attached hydrogen (secondary N) is 6. The molecule has 10 aromatic rings. The van der Waals surface area contributed by atoms with Gasteiger partial charge in [-0.05, 0) is 84.0 Å². The smallest absolute Gasteiger partial charge is 0.341 e. The lowest BCUT2D eigenvalue weighted by Crippen LogP contribution is -2.33. The molecule has 23 heteroatoms. The number of imidazole rings is 2. The Morgan fingerprint density at radius 1 is 0.590 bits per heavy atom. The van der Waals surface area contributed by atoms with Crippen LogP contribution < -0.4 is 21.3 Å². The van der Waals surface area contributed by atoms with Crippen molar-refractivity contribution in [2.45, 2.75) is 44.7 Å². The molecule has 20 nitrogen and oxygen atoms in total. The Morgan fingerprint density at radius 2 is 1.12 bits per heavy atom. The Morgan fingerprint density at radius 3 is 1.71 bits per heavy atom. The summed E-state index contributed by atoms with van der Waals surface area (Å²) in [6.07, 6.45) is 9.89. The Balaban J connectivity index is 0.871. The van der Waals surface area contributed by atoms with Gasteiger partial charge in [-0.15, -0.1) is 0 Å². The van der Waals surface area contributed by atoms with Crippen molar-refractivity contribution in [3.63, 3.8) is 0 Å². The van der Waals surface area contributed by atoms with Crippen molar-refractivity contribution in [1.29, 1.82) is 0 Å². The van der Waals surface area contributed by atoms with Crippen LogP contribution in [0.15, 0.2) is 135 Å². The number of rotatable bonds is 13. The quantitative estimate of drug-likeness (QED) is 0.0629. The van der Waals surface area contributed by atoms with Crippen molar-refractivity contribution >= 4 is 68.8 Å². The van der Waals surface area contributed by atoms with Crippen LogP contribution in [0.2, 0.25) is 0 Å². The van der Waals surface area contributed by atoms with Crippen molar-refractivity contribution in [1.82, 2.24) is 60.0 Å². The van der Waals surface area contributed by atoms with Gasteiger partial charge in [-0.1, -0.05) is 60.7 Å². The number of anilines is 6. The maximum Gasteiger partial charge on any atom is 0.346 e. The molecule has 4 amide bonds. The first-order chi connectivity index (χ1) is 38.1. The Labute approximate surface area is 441 Å². The maximum absolute atomic E-state index is 16.6. The van der Waals surface area contributed by atoms with Crippen LogP contribution >= 0.6 is 0 Å². The van der Waals surface area contributed by atoms with E-state index in [0.29, 0.717) is 92.6 Å². The summed E-state index contributed by atoms with van der Waals surface area (Å²) >= 11 is 0. The standard InChI is InChI=1S/C55H45F3N16O4/c1-30-18-38(57)42(71-54(75)73-44(14-16-77-73)32-8-4-2-5-9-32)22-40(30)69-50-36(46-48-52(65-26-61-46)67-28-63-48)19-31(24-59-50)12-13-34-20-39(58)43(72-55(76)74-45(15-17-78-74)33-10-6-3-7-11-33)23-41(34)70-51-37(21-35(56)25-60-51)47-49-53(66-27-62-47)68-29-64-49/h2-11,18-29,44-45H,12-17H2,1H3,(H,59,69)(H,60,70)(H,71,75)(H,72,76)(H,61,63,65,67)(H,62,64,66,68)/t44-,45-/m1/s1. The van der Waals surface area contributed by atoms with E-state index in [0.717, 1.165) is 17.3 Å². The first-order valence-corrected chi connectivity index (χ1v) is 24.8. The zero-order valence-corrected chi connectivity index (χ0v) is 41.3. The molecule has 2 aliphatic rings. The summed E-state index contributed by atoms with van der Waals surface area (Å²) in [6, 6.07) is 25.5. The van der Waals surface area contributed by atoms with E-state index in [1.807, 2.05) is 66.7 Å². The molecule has 8 heterocycles. The lowest BCUT2D eigenvalue weighted by Gasteiger charge is -2.24. The minimum atomic E-state index is -0.739. The third-order valence-electron chi connectivity index (χ3n) is 13.5. The fourth-order valence-corrected chi connectivity index (χ4v) is 9.69. The van der Waals surface area contributed by atoms with E-state index in [1.165, 1.54) is 65.8 Å². The van der Waals surface area contributed by atoms with Crippen molar-refractivity contribution in [2.75, 3.05) is 34.5 Å². The minimum absolute atomic E-state index is 0.0934. The van der Waals surface area contributed by atoms with Gasteiger partial charge in [-0.2, -0.15) is 10.1 Å². The number of pyridine rings is 2. The molecule has 2 atom stereocenters. The number of hydrogen-bond donors (Lipinski definition) is 6. The number of urea groups is 2. The second-order valence-electron chi connectivity index (χ2n) is 18.4. The number of carbonyl (C=O) groups is 2. The third-order valence-corrected chi connectivity index (χ3v) is 13.5. The van der Waals surface area contributed by atoms with Gasteiger partial charge < -0.3 is 31.2 Å². The summed E-state index contributed by atoms with van der Waals surface area (Å²) < 4.78 is 47.4. The molecule has 2 fully saturated rings. The second kappa shape index (κ2) is 21.0. The van der Waals surface area contributed by atoms with E-state index in [-0.39, 0.29) is 48.2 Å². The fourth-order valence-electron chi connectivity index (χ4n) is 9.69. The van der Waals surface area contributed by atoms with Crippen molar-refractivity contribution < 1.29 is 32.4 Å². The molecule has 78 heavy (non-hydrogen) atoms. The molecule has 6 N–H and O–H groups in total. The molecule has 0 saturated carbocycles. The monoisotopic (exact) mass is 1050 g/mol. The molecule has 12 rings (SSSR count). The van der Waals surface area contributed by atoms with E-state index in [1.54, 1.807) is 13.1 Å². The SMILES string of the molecule is Cc1cc(F)c(NC(=O)N2OCC[C@@H]2c2ccccc2)cc1Nc1ncc(CCc2cc(F)c(NC(=O)N3OCC[C@@H]3c3ccccc3)cc2Nc2ncc(F)cc2-c2ncnc3nc[nH]c23)cc1-c1ncnc2nc[nH]c12. The van der Waals surface area contributed by atoms with E-state index >= 15 is 13.2 Å². The number of aromatic amines is 2. The largest absolute Gasteiger partial charge is 0.346 e. The number of hydroxylamine groups is 4. The van der Waals surface area contributed by atoms with Gasteiger partial charge in [-0.3, -0.25) is 9.68 Å². The first-order valence-electron chi connectivity index (χ1n) is 24.8.